The number of Topliss-reactive ketones (excluding diaryl/α,β-unsaturated/α-hetero) is 1. The molecule has 5 rings (SSSR count). The van der Waals surface area contributed by atoms with E-state index in [1.165, 1.54) is 7.11 Å². The number of rotatable bonds is 7. The van der Waals surface area contributed by atoms with Crippen molar-refractivity contribution in [1.82, 2.24) is 5.32 Å². The minimum atomic E-state index is -0.615. The summed E-state index contributed by atoms with van der Waals surface area (Å²) in [7, 11) is 1.35. The Morgan fingerprint density at radius 1 is 0.917 bits per heavy atom. The van der Waals surface area contributed by atoms with Gasteiger partial charge < -0.3 is 19.5 Å². The van der Waals surface area contributed by atoms with Crippen LogP contribution in [0.2, 0.25) is 0 Å². The quantitative estimate of drug-likeness (QED) is 0.455. The predicted octanol–water partition coefficient (Wildman–Crippen LogP) is 5.41. The molecule has 0 radical (unpaired) electrons. The fourth-order valence-electron chi connectivity index (χ4n) is 4.87. The lowest BCUT2D eigenvalue weighted by Gasteiger charge is -2.29. The smallest absolute Gasteiger partial charge is 0.336 e. The van der Waals surface area contributed by atoms with Gasteiger partial charge in [0, 0.05) is 28.3 Å². The van der Waals surface area contributed by atoms with E-state index >= 15 is 0 Å². The van der Waals surface area contributed by atoms with E-state index in [-0.39, 0.29) is 5.78 Å². The highest BCUT2D eigenvalue weighted by molar-refractivity contribution is 6.23. The number of benzene rings is 3. The number of dihydropyridines is 1. The van der Waals surface area contributed by atoms with Gasteiger partial charge in [0.15, 0.2) is 17.3 Å². The van der Waals surface area contributed by atoms with E-state index in [2.05, 4.69) is 5.32 Å². The monoisotopic (exact) mass is 481 g/mol. The molecule has 3 aromatic rings. The maximum Gasteiger partial charge on any atom is 0.336 e. The Bertz CT molecular complexity index is 1400. The molecule has 1 unspecified atom stereocenters. The summed E-state index contributed by atoms with van der Waals surface area (Å²) in [6, 6.07) is 22.9. The molecule has 1 aliphatic carbocycles. The fraction of sp³-hybridized carbons (Fsp3) is 0.200. The average Bonchev–Trinajstić information content (AvgIpc) is 3.19. The SMILES string of the molecule is CCOc1cc(C2C(C(=O)OC)=C(C)NC3=C2C(=O)c2ccccc23)ccc1OCc1ccccc1. The van der Waals surface area contributed by atoms with Crippen molar-refractivity contribution in [2.24, 2.45) is 0 Å². The van der Waals surface area contributed by atoms with Crippen LogP contribution in [-0.4, -0.2) is 25.5 Å². The summed E-state index contributed by atoms with van der Waals surface area (Å²) in [6.07, 6.45) is 0. The normalized spacial score (nSPS) is 16.3. The second-order valence-corrected chi connectivity index (χ2v) is 8.67. The van der Waals surface area contributed by atoms with Gasteiger partial charge in [-0.1, -0.05) is 60.7 Å². The van der Waals surface area contributed by atoms with Crippen LogP contribution < -0.4 is 14.8 Å². The molecule has 6 heteroatoms. The zero-order valence-electron chi connectivity index (χ0n) is 20.5. The molecule has 1 heterocycles. The third kappa shape index (κ3) is 4.05. The number of esters is 1. The van der Waals surface area contributed by atoms with Gasteiger partial charge in [-0.05, 0) is 37.1 Å². The van der Waals surface area contributed by atoms with Crippen molar-refractivity contribution in [3.63, 3.8) is 0 Å². The number of hydrogen-bond acceptors (Lipinski definition) is 6. The van der Waals surface area contributed by atoms with Crippen LogP contribution in [0.4, 0.5) is 0 Å². The first-order chi connectivity index (χ1) is 17.5. The molecule has 1 N–H and O–H groups in total. The molecule has 36 heavy (non-hydrogen) atoms. The third-order valence-corrected chi connectivity index (χ3v) is 6.49. The Balaban J connectivity index is 1.59. The molecule has 2 aliphatic rings. The maximum absolute atomic E-state index is 13.6. The van der Waals surface area contributed by atoms with Crippen molar-refractivity contribution in [2.45, 2.75) is 26.4 Å². The number of fused-ring (bicyclic) bond motifs is 2. The summed E-state index contributed by atoms with van der Waals surface area (Å²) in [4.78, 5) is 26.5. The van der Waals surface area contributed by atoms with Crippen molar-refractivity contribution >= 4 is 17.4 Å². The summed E-state index contributed by atoms with van der Waals surface area (Å²) in [5.41, 5.74) is 5.55. The Morgan fingerprint density at radius 3 is 2.36 bits per heavy atom. The Labute approximate surface area is 210 Å². The zero-order valence-corrected chi connectivity index (χ0v) is 20.5. The molecule has 1 aliphatic heterocycles. The van der Waals surface area contributed by atoms with Gasteiger partial charge in [-0.3, -0.25) is 4.79 Å². The van der Waals surface area contributed by atoms with Gasteiger partial charge in [-0.2, -0.15) is 0 Å². The van der Waals surface area contributed by atoms with Crippen molar-refractivity contribution in [3.05, 3.63) is 112 Å². The first-order valence-corrected chi connectivity index (χ1v) is 11.9. The standard InChI is InChI=1S/C30H27NO5/c1-4-35-24-16-20(14-15-23(24)36-17-19-10-6-5-7-11-19)26-25(30(33)34-3)18(2)31-28-21-12-8-9-13-22(21)29(32)27(26)28/h5-16,26,31H,4,17H2,1-3H3. The first kappa shape index (κ1) is 23.4. The van der Waals surface area contributed by atoms with Crippen LogP contribution in [0.1, 0.15) is 46.8 Å². The summed E-state index contributed by atoms with van der Waals surface area (Å²) in [6.45, 7) is 4.56. The lowest BCUT2D eigenvalue weighted by molar-refractivity contribution is -0.136. The number of carbonyl (C=O) groups is 2. The average molecular weight is 482 g/mol. The molecule has 6 nitrogen and oxygen atoms in total. The van der Waals surface area contributed by atoms with E-state index in [1.54, 1.807) is 0 Å². The van der Waals surface area contributed by atoms with Gasteiger partial charge in [0.05, 0.1) is 25.0 Å². The summed E-state index contributed by atoms with van der Waals surface area (Å²) in [5.74, 6) is -0.0570. The molecule has 182 valence electrons. The molecule has 1 atom stereocenters. The van der Waals surface area contributed by atoms with Crippen LogP contribution in [0.25, 0.3) is 5.70 Å². The number of nitrogens with one attached hydrogen (secondary N) is 1. The maximum atomic E-state index is 13.6. The molecule has 0 amide bonds. The van der Waals surface area contributed by atoms with Crippen LogP contribution in [0.3, 0.4) is 0 Å². The molecule has 0 saturated heterocycles. The van der Waals surface area contributed by atoms with Crippen molar-refractivity contribution < 1.29 is 23.8 Å². The number of ketones is 1. The molecule has 0 saturated carbocycles. The molecular weight excluding hydrogens is 454 g/mol. The van der Waals surface area contributed by atoms with Crippen LogP contribution in [0, 0.1) is 0 Å². The number of allylic oxidation sites excluding steroid dienone is 2. The zero-order chi connectivity index (χ0) is 25.2. The first-order valence-electron chi connectivity index (χ1n) is 11.9. The van der Waals surface area contributed by atoms with Gasteiger partial charge in [0.2, 0.25) is 0 Å². The molecule has 3 aromatic carbocycles. The number of methoxy groups -OCH3 is 1. The Kier molecular flexibility index (Phi) is 6.34. The van der Waals surface area contributed by atoms with E-state index in [1.807, 2.05) is 86.6 Å². The van der Waals surface area contributed by atoms with Crippen LogP contribution in [0.15, 0.2) is 89.6 Å². The molecular formula is C30H27NO5. The van der Waals surface area contributed by atoms with Gasteiger partial charge >= 0.3 is 5.97 Å². The highest BCUT2D eigenvalue weighted by Gasteiger charge is 2.43. The predicted molar refractivity (Wildman–Crippen MR) is 137 cm³/mol. The minimum absolute atomic E-state index is 0.102. The van der Waals surface area contributed by atoms with E-state index < -0.39 is 11.9 Å². The number of carbonyl (C=O) groups excluding carboxylic acids is 2. The third-order valence-electron chi connectivity index (χ3n) is 6.49. The highest BCUT2D eigenvalue weighted by atomic mass is 16.5. The second-order valence-electron chi connectivity index (χ2n) is 8.67. The fourth-order valence-corrected chi connectivity index (χ4v) is 4.87. The summed E-state index contributed by atoms with van der Waals surface area (Å²) < 4.78 is 17.1. The van der Waals surface area contributed by atoms with Crippen molar-refractivity contribution in [2.75, 3.05) is 13.7 Å². The Hall–Kier alpha value is -4.32. The lowest BCUT2D eigenvalue weighted by atomic mass is 9.79. The van der Waals surface area contributed by atoms with Crippen molar-refractivity contribution in [3.8, 4) is 11.5 Å². The largest absolute Gasteiger partial charge is 0.490 e. The van der Waals surface area contributed by atoms with Crippen LogP contribution in [-0.2, 0) is 16.1 Å². The lowest BCUT2D eigenvalue weighted by Crippen LogP contribution is -2.29. The minimum Gasteiger partial charge on any atom is -0.490 e. The summed E-state index contributed by atoms with van der Waals surface area (Å²) in [5, 5.41) is 3.30. The summed E-state index contributed by atoms with van der Waals surface area (Å²) >= 11 is 0. The topological polar surface area (TPSA) is 73.9 Å². The van der Waals surface area contributed by atoms with E-state index in [0.717, 1.165) is 22.4 Å². The van der Waals surface area contributed by atoms with Crippen molar-refractivity contribution in [1.29, 1.82) is 0 Å². The van der Waals surface area contributed by atoms with E-state index in [4.69, 9.17) is 14.2 Å². The molecule has 0 bridgehead atoms. The number of ether oxygens (including phenoxy) is 3. The van der Waals surface area contributed by atoms with E-state index in [0.29, 0.717) is 47.1 Å². The van der Waals surface area contributed by atoms with E-state index in [9.17, 15) is 9.59 Å². The molecule has 0 aromatic heterocycles. The molecule has 0 fully saturated rings. The highest BCUT2D eigenvalue weighted by Crippen LogP contribution is 2.48. The van der Waals surface area contributed by atoms with Gasteiger partial charge in [0.25, 0.3) is 0 Å². The van der Waals surface area contributed by atoms with Gasteiger partial charge in [0.1, 0.15) is 6.61 Å². The van der Waals surface area contributed by atoms with Crippen LogP contribution in [0.5, 0.6) is 11.5 Å². The van der Waals surface area contributed by atoms with Gasteiger partial charge in [-0.15, -0.1) is 0 Å². The Morgan fingerprint density at radius 2 is 1.64 bits per heavy atom. The second kappa shape index (κ2) is 9.74. The van der Waals surface area contributed by atoms with Gasteiger partial charge in [-0.25, -0.2) is 4.79 Å². The van der Waals surface area contributed by atoms with Crippen LogP contribution >= 0.6 is 0 Å². The number of hydrogen-bond donors (Lipinski definition) is 1. The molecule has 0 spiro atoms.